The molecule has 0 aliphatic carbocycles. The quantitative estimate of drug-likeness (QED) is 0.180. The third-order valence-corrected chi connectivity index (χ3v) is 8.89. The Labute approximate surface area is 275 Å². The predicted molar refractivity (Wildman–Crippen MR) is 199 cm³/mol. The van der Waals surface area contributed by atoms with Crippen molar-refractivity contribution < 1.29 is 0 Å². The van der Waals surface area contributed by atoms with Gasteiger partial charge in [0.05, 0.1) is 11.4 Å². The molecule has 0 bridgehead atoms. The Kier molecular flexibility index (Phi) is 8.56. The molecule has 0 saturated carbocycles. The second-order valence-electron chi connectivity index (χ2n) is 12.9. The molecule has 0 aliphatic heterocycles. The monoisotopic (exact) mass is 600 g/mol. The lowest BCUT2D eigenvalue weighted by atomic mass is 10.00. The van der Waals surface area contributed by atoms with Crippen LogP contribution in [-0.2, 0) is 0 Å². The number of benzene rings is 6. The molecular weight excluding hydrogens is 556 g/mol. The topological polar surface area (TPSA) is 6.48 Å². The van der Waals surface area contributed by atoms with E-state index in [9.17, 15) is 0 Å². The molecule has 0 atom stereocenters. The van der Waals surface area contributed by atoms with Crippen LogP contribution in [-0.4, -0.2) is 0 Å². The van der Waals surface area contributed by atoms with Crippen LogP contribution in [0.1, 0.15) is 44.5 Å². The highest BCUT2D eigenvalue weighted by Gasteiger charge is 2.19. The third-order valence-electron chi connectivity index (χ3n) is 8.89. The molecule has 0 saturated heterocycles. The maximum Gasteiger partial charge on any atom is 0.0520 e. The van der Waals surface area contributed by atoms with Crippen LogP contribution in [0, 0.1) is 55.4 Å². The zero-order chi connectivity index (χ0) is 32.5. The van der Waals surface area contributed by atoms with Crippen LogP contribution >= 0.6 is 0 Å². The van der Waals surface area contributed by atoms with E-state index in [1.807, 2.05) is 0 Å². The fourth-order valence-electron chi connectivity index (χ4n) is 6.86. The van der Waals surface area contributed by atoms with Crippen LogP contribution in [0.25, 0.3) is 11.1 Å². The zero-order valence-corrected chi connectivity index (χ0v) is 28.4. The lowest BCUT2D eigenvalue weighted by Gasteiger charge is -2.29. The van der Waals surface area contributed by atoms with Gasteiger partial charge in [0.25, 0.3) is 0 Å². The molecule has 6 aromatic rings. The molecule has 0 spiro atoms. The van der Waals surface area contributed by atoms with E-state index in [1.165, 1.54) is 67.0 Å². The lowest BCUT2D eigenvalue weighted by Crippen LogP contribution is -2.13. The minimum absolute atomic E-state index is 1.15. The Hall–Kier alpha value is -5.08. The highest BCUT2D eigenvalue weighted by atomic mass is 15.2. The number of anilines is 6. The SMILES string of the molecule is Cc1ccc(N(c2ccc(-c3ccc(N(c4ccc(C)cc4)c4c(C)cc(C)cc4C)cc3)cc2)c2c(C)cc(C)cc2C)cc1. The Bertz CT molecular complexity index is 1790. The fourth-order valence-corrected chi connectivity index (χ4v) is 6.86. The molecule has 0 fully saturated rings. The van der Waals surface area contributed by atoms with Gasteiger partial charge in [0.15, 0.2) is 0 Å². The van der Waals surface area contributed by atoms with Crippen LogP contribution in [0.15, 0.2) is 121 Å². The highest BCUT2D eigenvalue weighted by molar-refractivity contribution is 5.84. The van der Waals surface area contributed by atoms with Gasteiger partial charge in [-0.05, 0) is 137 Å². The summed E-state index contributed by atoms with van der Waals surface area (Å²) in [4.78, 5) is 4.78. The fraction of sp³-hybridized carbons (Fsp3) is 0.182. The van der Waals surface area contributed by atoms with Crippen molar-refractivity contribution in [2.75, 3.05) is 9.80 Å². The number of nitrogens with zero attached hydrogens (tertiary/aromatic N) is 2. The molecule has 0 radical (unpaired) electrons. The van der Waals surface area contributed by atoms with Gasteiger partial charge in [0, 0.05) is 22.7 Å². The summed E-state index contributed by atoms with van der Waals surface area (Å²) in [5.74, 6) is 0. The van der Waals surface area contributed by atoms with Gasteiger partial charge < -0.3 is 9.80 Å². The van der Waals surface area contributed by atoms with Crippen molar-refractivity contribution in [3.63, 3.8) is 0 Å². The molecule has 0 amide bonds. The van der Waals surface area contributed by atoms with Gasteiger partial charge in [0.2, 0.25) is 0 Å². The number of rotatable bonds is 7. The molecule has 2 heteroatoms. The summed E-state index contributed by atoms with van der Waals surface area (Å²) in [6, 6.07) is 44.7. The first-order valence-corrected chi connectivity index (χ1v) is 16.2. The Morgan fingerprint density at radius 1 is 0.283 bits per heavy atom. The maximum absolute atomic E-state index is 2.39. The first-order valence-electron chi connectivity index (χ1n) is 16.2. The van der Waals surface area contributed by atoms with Crippen molar-refractivity contribution in [2.24, 2.45) is 0 Å². The van der Waals surface area contributed by atoms with Crippen LogP contribution in [0.5, 0.6) is 0 Å². The van der Waals surface area contributed by atoms with E-state index in [1.54, 1.807) is 0 Å². The largest absolute Gasteiger partial charge is 0.310 e. The predicted octanol–water partition coefficient (Wildman–Crippen LogP) is 12.8. The van der Waals surface area contributed by atoms with Crippen LogP contribution in [0.4, 0.5) is 34.1 Å². The summed E-state index contributed by atoms with van der Waals surface area (Å²) in [7, 11) is 0. The summed E-state index contributed by atoms with van der Waals surface area (Å²) in [6.07, 6.45) is 0. The molecular formula is C44H44N2. The van der Waals surface area contributed by atoms with E-state index in [4.69, 9.17) is 0 Å². The van der Waals surface area contributed by atoms with E-state index < -0.39 is 0 Å². The van der Waals surface area contributed by atoms with Crippen LogP contribution in [0.3, 0.4) is 0 Å². The molecule has 0 heterocycles. The summed E-state index contributed by atoms with van der Waals surface area (Å²) >= 11 is 0. The average molecular weight is 601 g/mol. The van der Waals surface area contributed by atoms with E-state index >= 15 is 0 Å². The Morgan fingerprint density at radius 2 is 0.522 bits per heavy atom. The van der Waals surface area contributed by atoms with Crippen molar-refractivity contribution in [2.45, 2.75) is 55.4 Å². The summed E-state index contributed by atoms with van der Waals surface area (Å²) in [5.41, 5.74) is 19.7. The smallest absolute Gasteiger partial charge is 0.0520 e. The summed E-state index contributed by atoms with van der Waals surface area (Å²) < 4.78 is 0. The minimum atomic E-state index is 1.15. The first-order chi connectivity index (χ1) is 22.1. The summed E-state index contributed by atoms with van der Waals surface area (Å²) in [5, 5.41) is 0. The molecule has 6 rings (SSSR count). The van der Waals surface area contributed by atoms with Gasteiger partial charge in [-0.1, -0.05) is 95.1 Å². The molecule has 46 heavy (non-hydrogen) atoms. The number of hydrogen-bond acceptors (Lipinski definition) is 2. The molecule has 0 aliphatic rings. The van der Waals surface area contributed by atoms with E-state index in [2.05, 4.69) is 187 Å². The molecule has 6 aromatic carbocycles. The van der Waals surface area contributed by atoms with E-state index in [0.29, 0.717) is 0 Å². The number of aryl methyl sites for hydroxylation is 8. The van der Waals surface area contributed by atoms with Gasteiger partial charge in [-0.15, -0.1) is 0 Å². The second kappa shape index (κ2) is 12.7. The van der Waals surface area contributed by atoms with Crippen LogP contribution in [0.2, 0.25) is 0 Å². The normalized spacial score (nSPS) is 11.0. The van der Waals surface area contributed by atoms with Gasteiger partial charge in [-0.2, -0.15) is 0 Å². The Balaban J connectivity index is 1.37. The van der Waals surface area contributed by atoms with Crippen molar-refractivity contribution in [3.8, 4) is 11.1 Å². The van der Waals surface area contributed by atoms with Gasteiger partial charge in [0.1, 0.15) is 0 Å². The van der Waals surface area contributed by atoms with Crippen molar-refractivity contribution in [1.29, 1.82) is 0 Å². The average Bonchev–Trinajstić information content (AvgIpc) is 3.02. The summed E-state index contributed by atoms with van der Waals surface area (Å²) in [6.45, 7) is 17.5. The minimum Gasteiger partial charge on any atom is -0.310 e. The Morgan fingerprint density at radius 3 is 0.783 bits per heavy atom. The van der Waals surface area contributed by atoms with Crippen molar-refractivity contribution >= 4 is 34.1 Å². The van der Waals surface area contributed by atoms with Gasteiger partial charge >= 0.3 is 0 Å². The molecule has 2 nitrogen and oxygen atoms in total. The standard InChI is InChI=1S/C44H44N2/c1-29-9-17-39(18-10-29)45(43-33(5)25-31(3)26-34(43)6)41-21-13-37(14-22-41)38-15-23-42(24-16-38)46(40-19-11-30(2)12-20-40)44-35(7)27-32(4)28-36(44)8/h9-28H,1-8H3. The second-order valence-corrected chi connectivity index (χ2v) is 12.9. The first kappa shape index (κ1) is 30.9. The number of hydrogen-bond donors (Lipinski definition) is 0. The molecule has 0 N–H and O–H groups in total. The maximum atomic E-state index is 2.39. The van der Waals surface area contributed by atoms with Crippen molar-refractivity contribution in [1.82, 2.24) is 0 Å². The van der Waals surface area contributed by atoms with Gasteiger partial charge in [-0.25, -0.2) is 0 Å². The van der Waals surface area contributed by atoms with Crippen molar-refractivity contribution in [3.05, 3.63) is 166 Å². The molecule has 0 unspecified atom stereocenters. The molecule has 230 valence electrons. The molecule has 0 aromatic heterocycles. The highest BCUT2D eigenvalue weighted by Crippen LogP contribution is 2.42. The van der Waals surface area contributed by atoms with E-state index in [0.717, 1.165) is 22.7 Å². The van der Waals surface area contributed by atoms with E-state index in [-0.39, 0.29) is 0 Å². The van der Waals surface area contributed by atoms with Gasteiger partial charge in [-0.3, -0.25) is 0 Å². The van der Waals surface area contributed by atoms with Crippen LogP contribution < -0.4 is 9.80 Å². The third kappa shape index (κ3) is 6.21. The zero-order valence-electron chi connectivity index (χ0n) is 28.4. The lowest BCUT2D eigenvalue weighted by molar-refractivity contribution is 1.20.